The molecule has 2 aromatic rings. The van der Waals surface area contributed by atoms with Crippen molar-refractivity contribution >= 4 is 5.91 Å². The molecule has 0 aliphatic carbocycles. The average molecular weight is 230 g/mol. The van der Waals surface area contributed by atoms with Crippen LogP contribution in [0.2, 0.25) is 0 Å². The smallest absolute Gasteiger partial charge is 0.255 e. The molecule has 0 aromatic carbocycles. The van der Waals surface area contributed by atoms with Crippen LogP contribution < -0.4 is 5.32 Å². The van der Waals surface area contributed by atoms with Crippen LogP contribution in [0.1, 0.15) is 34.6 Å². The number of pyridine rings is 1. The van der Waals surface area contributed by atoms with Gasteiger partial charge in [-0.1, -0.05) is 0 Å². The highest BCUT2D eigenvalue weighted by Crippen LogP contribution is 2.13. The lowest BCUT2D eigenvalue weighted by atomic mass is 10.1. The van der Waals surface area contributed by atoms with Gasteiger partial charge >= 0.3 is 0 Å². The number of amides is 1. The predicted octanol–water partition coefficient (Wildman–Crippen LogP) is 2.47. The number of aromatic nitrogens is 1. The van der Waals surface area contributed by atoms with Gasteiger partial charge in [0.2, 0.25) is 0 Å². The van der Waals surface area contributed by atoms with Crippen LogP contribution in [0.15, 0.2) is 41.3 Å². The van der Waals surface area contributed by atoms with Gasteiger partial charge < -0.3 is 9.73 Å². The molecule has 0 spiro atoms. The van der Waals surface area contributed by atoms with Gasteiger partial charge in [-0.3, -0.25) is 9.78 Å². The zero-order chi connectivity index (χ0) is 12.3. The minimum atomic E-state index is -0.124. The zero-order valence-electron chi connectivity index (χ0n) is 9.81. The van der Waals surface area contributed by atoms with E-state index >= 15 is 0 Å². The fraction of sp³-hybridized carbons (Fsp3) is 0.231. The number of nitrogens with one attached hydrogen (secondary N) is 1. The first-order valence-corrected chi connectivity index (χ1v) is 5.43. The van der Waals surface area contributed by atoms with Crippen LogP contribution in [-0.2, 0) is 0 Å². The quantitative estimate of drug-likeness (QED) is 0.881. The SMILES string of the molecule is Cc1occc1C(=O)N[C@@H](C)c1ccncc1. The van der Waals surface area contributed by atoms with Gasteiger partial charge in [-0.05, 0) is 37.6 Å². The third-order valence-electron chi connectivity index (χ3n) is 2.66. The summed E-state index contributed by atoms with van der Waals surface area (Å²) in [7, 11) is 0. The number of hydrogen-bond acceptors (Lipinski definition) is 3. The number of nitrogens with zero attached hydrogens (tertiary/aromatic N) is 1. The molecule has 2 aromatic heterocycles. The van der Waals surface area contributed by atoms with E-state index in [1.165, 1.54) is 6.26 Å². The molecule has 88 valence electrons. The van der Waals surface area contributed by atoms with Gasteiger partial charge in [0.1, 0.15) is 5.76 Å². The number of rotatable bonds is 3. The molecule has 17 heavy (non-hydrogen) atoms. The third-order valence-corrected chi connectivity index (χ3v) is 2.66. The molecule has 0 saturated heterocycles. The zero-order valence-corrected chi connectivity index (χ0v) is 9.81. The molecule has 0 fully saturated rings. The maximum absolute atomic E-state index is 11.9. The summed E-state index contributed by atoms with van der Waals surface area (Å²) in [6, 6.07) is 5.38. The summed E-state index contributed by atoms with van der Waals surface area (Å²) >= 11 is 0. The summed E-state index contributed by atoms with van der Waals surface area (Å²) in [5.74, 6) is 0.505. The largest absolute Gasteiger partial charge is 0.469 e. The van der Waals surface area contributed by atoms with Gasteiger partial charge in [-0.25, -0.2) is 0 Å². The molecular formula is C13H14N2O2. The van der Waals surface area contributed by atoms with Crippen LogP contribution in [0.3, 0.4) is 0 Å². The number of carbonyl (C=O) groups excluding carboxylic acids is 1. The van der Waals surface area contributed by atoms with Gasteiger partial charge in [0.25, 0.3) is 5.91 Å². The van der Waals surface area contributed by atoms with Crippen molar-refractivity contribution in [1.82, 2.24) is 10.3 Å². The Kier molecular flexibility index (Phi) is 3.23. The number of furan rings is 1. The Morgan fingerprint density at radius 2 is 2.06 bits per heavy atom. The van der Waals surface area contributed by atoms with E-state index in [4.69, 9.17) is 4.42 Å². The summed E-state index contributed by atoms with van der Waals surface area (Å²) < 4.78 is 5.10. The van der Waals surface area contributed by atoms with E-state index in [1.54, 1.807) is 25.4 Å². The highest BCUT2D eigenvalue weighted by atomic mass is 16.3. The van der Waals surface area contributed by atoms with E-state index in [-0.39, 0.29) is 11.9 Å². The first-order chi connectivity index (χ1) is 8.18. The van der Waals surface area contributed by atoms with Crippen molar-refractivity contribution in [1.29, 1.82) is 0 Å². The molecular weight excluding hydrogens is 216 g/mol. The van der Waals surface area contributed by atoms with Crippen molar-refractivity contribution in [3.8, 4) is 0 Å². The lowest BCUT2D eigenvalue weighted by Crippen LogP contribution is -2.26. The average Bonchev–Trinajstić information content (AvgIpc) is 2.76. The topological polar surface area (TPSA) is 55.1 Å². The maximum Gasteiger partial charge on any atom is 0.255 e. The van der Waals surface area contributed by atoms with Crippen molar-refractivity contribution in [2.75, 3.05) is 0 Å². The standard InChI is InChI=1S/C13H14N2O2/c1-9(11-3-6-14-7-4-11)15-13(16)12-5-8-17-10(12)2/h3-9H,1-2H3,(H,15,16)/t9-/m0/s1. The highest BCUT2D eigenvalue weighted by molar-refractivity contribution is 5.95. The summed E-state index contributed by atoms with van der Waals surface area (Å²) in [5, 5.41) is 2.91. The molecule has 2 heterocycles. The first-order valence-electron chi connectivity index (χ1n) is 5.43. The monoisotopic (exact) mass is 230 g/mol. The van der Waals surface area contributed by atoms with Gasteiger partial charge in [0.05, 0.1) is 17.9 Å². The summed E-state index contributed by atoms with van der Waals surface area (Å²) in [4.78, 5) is 15.9. The van der Waals surface area contributed by atoms with Gasteiger partial charge in [0, 0.05) is 12.4 Å². The van der Waals surface area contributed by atoms with E-state index in [2.05, 4.69) is 10.3 Å². The highest BCUT2D eigenvalue weighted by Gasteiger charge is 2.14. The summed E-state index contributed by atoms with van der Waals surface area (Å²) in [6.07, 6.45) is 4.93. The predicted molar refractivity (Wildman–Crippen MR) is 63.6 cm³/mol. The first kappa shape index (κ1) is 11.4. The summed E-state index contributed by atoms with van der Waals surface area (Å²) in [5.41, 5.74) is 1.60. The normalized spacial score (nSPS) is 12.1. The Balaban J connectivity index is 2.08. The molecule has 0 bridgehead atoms. The Hall–Kier alpha value is -2.10. The minimum Gasteiger partial charge on any atom is -0.469 e. The lowest BCUT2D eigenvalue weighted by molar-refractivity contribution is 0.0938. The van der Waals surface area contributed by atoms with Crippen LogP contribution >= 0.6 is 0 Å². The van der Waals surface area contributed by atoms with Crippen LogP contribution in [-0.4, -0.2) is 10.9 Å². The molecule has 4 heteroatoms. The van der Waals surface area contributed by atoms with Gasteiger partial charge in [0.15, 0.2) is 0 Å². The summed E-state index contributed by atoms with van der Waals surface area (Å²) in [6.45, 7) is 3.70. The van der Waals surface area contributed by atoms with E-state index in [0.29, 0.717) is 11.3 Å². The fourth-order valence-corrected chi connectivity index (χ4v) is 1.63. The molecule has 1 N–H and O–H groups in total. The van der Waals surface area contributed by atoms with Crippen molar-refractivity contribution in [3.05, 3.63) is 53.7 Å². The number of aryl methyl sites for hydroxylation is 1. The van der Waals surface area contributed by atoms with Crippen molar-refractivity contribution in [3.63, 3.8) is 0 Å². The van der Waals surface area contributed by atoms with Crippen LogP contribution in [0, 0.1) is 6.92 Å². The lowest BCUT2D eigenvalue weighted by Gasteiger charge is -2.13. The molecule has 0 unspecified atom stereocenters. The number of carbonyl (C=O) groups is 1. The van der Waals surface area contributed by atoms with Crippen LogP contribution in [0.4, 0.5) is 0 Å². The van der Waals surface area contributed by atoms with Crippen molar-refractivity contribution in [2.45, 2.75) is 19.9 Å². The van der Waals surface area contributed by atoms with Crippen molar-refractivity contribution < 1.29 is 9.21 Å². The van der Waals surface area contributed by atoms with E-state index in [1.807, 2.05) is 19.1 Å². The molecule has 0 aliphatic heterocycles. The van der Waals surface area contributed by atoms with Gasteiger partial charge in [-0.15, -0.1) is 0 Å². The van der Waals surface area contributed by atoms with Crippen LogP contribution in [0.25, 0.3) is 0 Å². The van der Waals surface area contributed by atoms with E-state index < -0.39 is 0 Å². The third kappa shape index (κ3) is 2.53. The second kappa shape index (κ2) is 4.82. The maximum atomic E-state index is 11.9. The Labute approximate surface area is 99.7 Å². The van der Waals surface area contributed by atoms with Crippen LogP contribution in [0.5, 0.6) is 0 Å². The second-order valence-electron chi connectivity index (χ2n) is 3.87. The van der Waals surface area contributed by atoms with E-state index in [9.17, 15) is 4.79 Å². The number of hydrogen-bond donors (Lipinski definition) is 1. The molecule has 0 aliphatic rings. The van der Waals surface area contributed by atoms with Crippen molar-refractivity contribution in [2.24, 2.45) is 0 Å². The Morgan fingerprint density at radius 1 is 1.35 bits per heavy atom. The fourth-order valence-electron chi connectivity index (χ4n) is 1.63. The molecule has 4 nitrogen and oxygen atoms in total. The molecule has 0 saturated carbocycles. The molecule has 1 amide bonds. The Bertz CT molecular complexity index is 505. The minimum absolute atomic E-state index is 0.0557. The molecule has 1 atom stereocenters. The van der Waals surface area contributed by atoms with E-state index in [0.717, 1.165) is 5.56 Å². The Morgan fingerprint density at radius 3 is 2.65 bits per heavy atom. The molecule has 2 rings (SSSR count). The van der Waals surface area contributed by atoms with Gasteiger partial charge in [-0.2, -0.15) is 0 Å². The second-order valence-corrected chi connectivity index (χ2v) is 3.87. The molecule has 0 radical (unpaired) electrons.